The summed E-state index contributed by atoms with van der Waals surface area (Å²) in [5.41, 5.74) is 9.11. The summed E-state index contributed by atoms with van der Waals surface area (Å²) in [5, 5.41) is 0. The lowest BCUT2D eigenvalue weighted by molar-refractivity contribution is 0.637. The fraction of sp³-hybridized carbons (Fsp3) is 0.188. The predicted octanol–water partition coefficient (Wildman–Crippen LogP) is 3.87. The van der Waals surface area contributed by atoms with Crippen molar-refractivity contribution in [3.05, 3.63) is 53.8 Å². The lowest BCUT2D eigenvalue weighted by Crippen LogP contribution is -2.04. The molecule has 102 valence electrons. The summed E-state index contributed by atoms with van der Waals surface area (Å²) in [5.74, 6) is 0.296. The topological polar surface area (TPSA) is 43.8 Å². The smallest absolute Gasteiger partial charge is 0.206 e. The van der Waals surface area contributed by atoms with Crippen LogP contribution in [0.1, 0.15) is 25.3 Å². The first-order valence-corrected chi connectivity index (χ1v) is 6.61. The molecule has 20 heavy (non-hydrogen) atoms. The molecule has 0 unspecified atom stereocenters. The molecule has 2 N–H and O–H groups in total. The second kappa shape index (κ2) is 4.63. The number of halogens is 1. The number of anilines is 1. The molecule has 0 spiro atoms. The standard InChI is InChI=1S/C16H16FN3/c1-10(2)11-6-3-4-8-13(11)20-14-9-5-7-12(17)15(14)19-16(20)18/h3-10H,1-2H3,(H2,18,19). The minimum absolute atomic E-state index is 0.304. The lowest BCUT2D eigenvalue weighted by atomic mass is 10.0. The van der Waals surface area contributed by atoms with Crippen molar-refractivity contribution < 1.29 is 4.39 Å². The number of nitrogens with zero attached hydrogens (tertiary/aromatic N) is 2. The number of rotatable bonds is 2. The quantitative estimate of drug-likeness (QED) is 0.767. The maximum atomic E-state index is 13.8. The molecule has 4 heteroatoms. The molecule has 0 atom stereocenters. The van der Waals surface area contributed by atoms with Gasteiger partial charge in [0.2, 0.25) is 5.95 Å². The molecule has 0 aliphatic rings. The van der Waals surface area contributed by atoms with Gasteiger partial charge in [0.05, 0.1) is 11.2 Å². The highest BCUT2D eigenvalue weighted by molar-refractivity contribution is 5.81. The van der Waals surface area contributed by atoms with E-state index < -0.39 is 0 Å². The number of aromatic nitrogens is 2. The van der Waals surface area contributed by atoms with Gasteiger partial charge in [0.1, 0.15) is 5.52 Å². The monoisotopic (exact) mass is 269 g/mol. The molecule has 0 amide bonds. The van der Waals surface area contributed by atoms with Gasteiger partial charge in [-0.3, -0.25) is 4.57 Å². The van der Waals surface area contributed by atoms with Crippen LogP contribution in [0.25, 0.3) is 16.7 Å². The molecule has 0 saturated carbocycles. The van der Waals surface area contributed by atoms with Crippen molar-refractivity contribution in [1.29, 1.82) is 0 Å². The van der Waals surface area contributed by atoms with E-state index in [0.29, 0.717) is 22.9 Å². The molecule has 0 bridgehead atoms. The highest BCUT2D eigenvalue weighted by Gasteiger charge is 2.16. The van der Waals surface area contributed by atoms with E-state index in [9.17, 15) is 4.39 Å². The average Bonchev–Trinajstić information content (AvgIpc) is 2.76. The Morgan fingerprint density at radius 2 is 1.85 bits per heavy atom. The summed E-state index contributed by atoms with van der Waals surface area (Å²) in [6.07, 6.45) is 0. The fourth-order valence-electron chi connectivity index (χ4n) is 2.52. The minimum atomic E-state index is -0.352. The van der Waals surface area contributed by atoms with Gasteiger partial charge in [0, 0.05) is 0 Å². The van der Waals surface area contributed by atoms with Crippen molar-refractivity contribution >= 4 is 17.0 Å². The molecule has 0 saturated heterocycles. The van der Waals surface area contributed by atoms with E-state index in [1.54, 1.807) is 6.07 Å². The molecule has 3 aromatic rings. The number of nitrogen functional groups attached to an aromatic ring is 1. The van der Waals surface area contributed by atoms with Crippen LogP contribution in [0.4, 0.5) is 10.3 Å². The van der Waals surface area contributed by atoms with Gasteiger partial charge in [-0.2, -0.15) is 0 Å². The zero-order valence-electron chi connectivity index (χ0n) is 11.5. The van der Waals surface area contributed by atoms with E-state index in [4.69, 9.17) is 5.73 Å². The van der Waals surface area contributed by atoms with Crippen molar-refractivity contribution in [3.63, 3.8) is 0 Å². The van der Waals surface area contributed by atoms with Crippen molar-refractivity contribution in [2.45, 2.75) is 19.8 Å². The largest absolute Gasteiger partial charge is 0.369 e. The Bertz CT molecular complexity index is 774. The highest BCUT2D eigenvalue weighted by atomic mass is 19.1. The van der Waals surface area contributed by atoms with E-state index >= 15 is 0 Å². The van der Waals surface area contributed by atoms with Gasteiger partial charge < -0.3 is 5.73 Å². The zero-order chi connectivity index (χ0) is 14.3. The highest BCUT2D eigenvalue weighted by Crippen LogP contribution is 2.29. The Labute approximate surface area is 116 Å². The Balaban J connectivity index is 2.36. The summed E-state index contributed by atoms with van der Waals surface area (Å²) >= 11 is 0. The first kappa shape index (κ1) is 12.7. The van der Waals surface area contributed by atoms with Crippen LogP contribution in [0.2, 0.25) is 0 Å². The summed E-state index contributed by atoms with van der Waals surface area (Å²) in [6, 6.07) is 12.9. The van der Waals surface area contributed by atoms with Gasteiger partial charge >= 0.3 is 0 Å². The van der Waals surface area contributed by atoms with E-state index in [1.165, 1.54) is 6.07 Å². The molecule has 1 heterocycles. The van der Waals surface area contributed by atoms with Gasteiger partial charge in [0.25, 0.3) is 0 Å². The number of hydrogen-bond donors (Lipinski definition) is 1. The van der Waals surface area contributed by atoms with Crippen molar-refractivity contribution in [1.82, 2.24) is 9.55 Å². The third-order valence-corrected chi connectivity index (χ3v) is 3.46. The molecular weight excluding hydrogens is 253 g/mol. The molecule has 2 aromatic carbocycles. The van der Waals surface area contributed by atoms with Crippen molar-refractivity contribution in [3.8, 4) is 5.69 Å². The van der Waals surface area contributed by atoms with Crippen LogP contribution in [-0.4, -0.2) is 9.55 Å². The second-order valence-electron chi connectivity index (χ2n) is 5.13. The number of fused-ring (bicyclic) bond motifs is 1. The van der Waals surface area contributed by atoms with Crippen molar-refractivity contribution in [2.24, 2.45) is 0 Å². The van der Waals surface area contributed by atoms with E-state index in [1.807, 2.05) is 28.8 Å². The lowest BCUT2D eigenvalue weighted by Gasteiger charge is -2.15. The van der Waals surface area contributed by atoms with E-state index in [0.717, 1.165) is 11.3 Å². The van der Waals surface area contributed by atoms with Crippen LogP contribution >= 0.6 is 0 Å². The number of hydrogen-bond acceptors (Lipinski definition) is 2. The second-order valence-corrected chi connectivity index (χ2v) is 5.13. The van der Waals surface area contributed by atoms with Crippen LogP contribution in [0.15, 0.2) is 42.5 Å². The van der Waals surface area contributed by atoms with Crippen LogP contribution in [0, 0.1) is 5.82 Å². The number of imidazole rings is 1. The number of para-hydroxylation sites is 2. The van der Waals surface area contributed by atoms with Crippen LogP contribution < -0.4 is 5.73 Å². The third-order valence-electron chi connectivity index (χ3n) is 3.46. The summed E-state index contributed by atoms with van der Waals surface area (Å²) in [7, 11) is 0. The van der Waals surface area contributed by atoms with Gasteiger partial charge in [-0.1, -0.05) is 38.1 Å². The molecule has 1 aromatic heterocycles. The van der Waals surface area contributed by atoms with E-state index in [2.05, 4.69) is 24.9 Å². The summed E-state index contributed by atoms with van der Waals surface area (Å²) < 4.78 is 15.6. The third kappa shape index (κ3) is 1.84. The Hall–Kier alpha value is -2.36. The predicted molar refractivity (Wildman–Crippen MR) is 79.5 cm³/mol. The molecule has 0 fully saturated rings. The number of nitrogens with two attached hydrogens (primary N) is 1. The first-order chi connectivity index (χ1) is 9.59. The fourth-order valence-corrected chi connectivity index (χ4v) is 2.52. The number of benzene rings is 2. The maximum Gasteiger partial charge on any atom is 0.206 e. The average molecular weight is 269 g/mol. The molecule has 3 nitrogen and oxygen atoms in total. The molecule has 0 aliphatic heterocycles. The summed E-state index contributed by atoms with van der Waals surface area (Å²) in [6.45, 7) is 4.24. The van der Waals surface area contributed by atoms with Gasteiger partial charge in [-0.05, 0) is 29.7 Å². The minimum Gasteiger partial charge on any atom is -0.369 e. The zero-order valence-corrected chi connectivity index (χ0v) is 11.5. The van der Waals surface area contributed by atoms with Crippen LogP contribution in [0.3, 0.4) is 0 Å². The van der Waals surface area contributed by atoms with Gasteiger partial charge in [-0.15, -0.1) is 0 Å². The van der Waals surface area contributed by atoms with Gasteiger partial charge in [0.15, 0.2) is 5.82 Å². The van der Waals surface area contributed by atoms with Crippen LogP contribution in [-0.2, 0) is 0 Å². The Morgan fingerprint density at radius 1 is 1.10 bits per heavy atom. The maximum absolute atomic E-state index is 13.8. The first-order valence-electron chi connectivity index (χ1n) is 6.61. The molecule has 0 radical (unpaired) electrons. The molecule has 3 rings (SSSR count). The Morgan fingerprint density at radius 3 is 2.60 bits per heavy atom. The SMILES string of the molecule is CC(C)c1ccccc1-n1c(N)nc2c(F)cccc21. The van der Waals surface area contributed by atoms with E-state index in [-0.39, 0.29) is 5.82 Å². The molecule has 0 aliphatic carbocycles. The molecular formula is C16H16FN3. The van der Waals surface area contributed by atoms with Crippen molar-refractivity contribution in [2.75, 3.05) is 5.73 Å². The van der Waals surface area contributed by atoms with Gasteiger partial charge in [-0.25, -0.2) is 9.37 Å². The normalized spacial score (nSPS) is 11.4. The Kier molecular flexibility index (Phi) is 2.93. The van der Waals surface area contributed by atoms with Crippen LogP contribution in [0.5, 0.6) is 0 Å². The summed E-state index contributed by atoms with van der Waals surface area (Å²) in [4.78, 5) is 4.16.